The van der Waals surface area contributed by atoms with Gasteiger partial charge in [0.25, 0.3) is 0 Å². The van der Waals surface area contributed by atoms with Crippen LogP contribution in [0.15, 0.2) is 53.3 Å². The van der Waals surface area contributed by atoms with E-state index in [0.29, 0.717) is 29.6 Å². The summed E-state index contributed by atoms with van der Waals surface area (Å²) in [6.07, 6.45) is -0.763. The minimum absolute atomic E-state index is 0.0134. The highest BCUT2D eigenvalue weighted by Gasteiger charge is 2.13. The van der Waals surface area contributed by atoms with Crippen LogP contribution in [0.4, 0.5) is 5.69 Å². The number of pyridine rings is 1. The Kier molecular flexibility index (Phi) is 5.02. The van der Waals surface area contributed by atoms with Crippen molar-refractivity contribution in [1.29, 1.82) is 0 Å². The van der Waals surface area contributed by atoms with Crippen LogP contribution in [0.25, 0.3) is 10.9 Å². The summed E-state index contributed by atoms with van der Waals surface area (Å²) in [4.78, 5) is 14.1. The van der Waals surface area contributed by atoms with Crippen LogP contribution in [0.1, 0.15) is 17.2 Å². The first kappa shape index (κ1) is 17.0. The van der Waals surface area contributed by atoms with Gasteiger partial charge in [-0.25, -0.2) is 0 Å². The van der Waals surface area contributed by atoms with E-state index in [1.165, 1.54) is 12.1 Å². The van der Waals surface area contributed by atoms with Crippen molar-refractivity contribution < 1.29 is 10.2 Å². The highest BCUT2D eigenvalue weighted by Crippen LogP contribution is 2.28. The molecule has 0 bridgehead atoms. The predicted octanol–water partition coefficient (Wildman–Crippen LogP) is 2.10. The van der Waals surface area contributed by atoms with Gasteiger partial charge in [-0.3, -0.25) is 4.79 Å². The van der Waals surface area contributed by atoms with E-state index in [2.05, 4.69) is 15.6 Å². The molecule has 3 aromatic rings. The lowest BCUT2D eigenvalue weighted by Crippen LogP contribution is -2.21. The summed E-state index contributed by atoms with van der Waals surface area (Å²) in [7, 11) is 1.87. The number of nitrogens with one attached hydrogen (secondary N) is 3. The minimum Gasteiger partial charge on any atom is -0.506 e. The molecular weight excluding hydrogens is 318 g/mol. The highest BCUT2D eigenvalue weighted by atomic mass is 16.3. The fraction of sp³-hybridized carbons (Fsp3) is 0.211. The Morgan fingerprint density at radius 2 is 2.00 bits per heavy atom. The van der Waals surface area contributed by atoms with Gasteiger partial charge in [-0.15, -0.1) is 0 Å². The Morgan fingerprint density at radius 1 is 1.16 bits per heavy atom. The van der Waals surface area contributed by atoms with Gasteiger partial charge in [-0.2, -0.15) is 0 Å². The summed E-state index contributed by atoms with van der Waals surface area (Å²) >= 11 is 0. The monoisotopic (exact) mass is 339 g/mol. The molecule has 0 fully saturated rings. The van der Waals surface area contributed by atoms with Crippen molar-refractivity contribution in [2.24, 2.45) is 0 Å². The maximum Gasteiger partial charge on any atom is 0.248 e. The van der Waals surface area contributed by atoms with Crippen molar-refractivity contribution in [2.45, 2.75) is 12.6 Å². The zero-order valence-electron chi connectivity index (χ0n) is 13.9. The average molecular weight is 339 g/mol. The molecule has 0 saturated carbocycles. The van der Waals surface area contributed by atoms with Crippen molar-refractivity contribution in [1.82, 2.24) is 10.3 Å². The third kappa shape index (κ3) is 3.81. The van der Waals surface area contributed by atoms with E-state index in [9.17, 15) is 15.0 Å². The summed E-state index contributed by atoms with van der Waals surface area (Å²) < 4.78 is 0. The molecule has 5 N–H and O–H groups in total. The van der Waals surface area contributed by atoms with E-state index in [0.717, 1.165) is 11.3 Å². The summed E-state index contributed by atoms with van der Waals surface area (Å²) in [5.74, 6) is -0.0134. The van der Waals surface area contributed by atoms with Crippen molar-refractivity contribution in [2.75, 3.05) is 18.9 Å². The number of hydrogen-bond acceptors (Lipinski definition) is 5. The molecule has 1 heterocycles. The zero-order chi connectivity index (χ0) is 17.8. The fourth-order valence-electron chi connectivity index (χ4n) is 2.85. The van der Waals surface area contributed by atoms with Crippen LogP contribution in [-0.2, 0) is 6.54 Å². The third-order valence-corrected chi connectivity index (χ3v) is 4.15. The number of aromatic nitrogens is 1. The average Bonchev–Trinajstić information content (AvgIpc) is 2.62. The molecular formula is C19H21N3O3. The second-order valence-corrected chi connectivity index (χ2v) is 5.88. The topological polar surface area (TPSA) is 97.4 Å². The van der Waals surface area contributed by atoms with Gasteiger partial charge in [0.2, 0.25) is 5.56 Å². The van der Waals surface area contributed by atoms with Gasteiger partial charge >= 0.3 is 0 Å². The van der Waals surface area contributed by atoms with E-state index < -0.39 is 6.10 Å². The quantitative estimate of drug-likeness (QED) is 0.474. The molecule has 25 heavy (non-hydrogen) atoms. The molecule has 0 aliphatic heterocycles. The van der Waals surface area contributed by atoms with Crippen LogP contribution in [0.3, 0.4) is 0 Å². The standard InChI is InChI=1S/C19H21N3O3/c1-20-13-4-2-3-12(9-13)10-21-11-17(24)14-5-7-16(23)19-15(14)6-8-18(25)22-19/h2-9,17,20-21,23-24H,10-11H2,1H3,(H,22,25). The van der Waals surface area contributed by atoms with Crippen molar-refractivity contribution in [3.63, 3.8) is 0 Å². The van der Waals surface area contributed by atoms with Crippen LogP contribution in [-0.4, -0.2) is 28.8 Å². The van der Waals surface area contributed by atoms with Crippen molar-refractivity contribution in [3.05, 3.63) is 70.0 Å². The lowest BCUT2D eigenvalue weighted by Gasteiger charge is -2.15. The molecule has 1 atom stereocenters. The van der Waals surface area contributed by atoms with Gasteiger partial charge in [0, 0.05) is 37.3 Å². The predicted molar refractivity (Wildman–Crippen MR) is 98.9 cm³/mol. The second-order valence-electron chi connectivity index (χ2n) is 5.88. The van der Waals surface area contributed by atoms with Crippen LogP contribution in [0.2, 0.25) is 0 Å². The Labute approximate surface area is 145 Å². The van der Waals surface area contributed by atoms with Crippen molar-refractivity contribution >= 4 is 16.6 Å². The number of benzene rings is 2. The molecule has 6 nitrogen and oxygen atoms in total. The zero-order valence-corrected chi connectivity index (χ0v) is 13.9. The molecule has 1 unspecified atom stereocenters. The Bertz CT molecular complexity index is 937. The molecule has 0 aliphatic carbocycles. The Morgan fingerprint density at radius 3 is 2.80 bits per heavy atom. The summed E-state index contributed by atoms with van der Waals surface area (Å²) in [5, 5.41) is 27.4. The van der Waals surface area contributed by atoms with Crippen LogP contribution < -0.4 is 16.2 Å². The van der Waals surface area contributed by atoms with E-state index in [1.54, 1.807) is 12.1 Å². The first-order valence-electron chi connectivity index (χ1n) is 8.09. The number of phenols is 1. The van der Waals surface area contributed by atoms with Gasteiger partial charge < -0.3 is 25.8 Å². The molecule has 0 spiro atoms. The Balaban J connectivity index is 1.73. The number of rotatable bonds is 6. The van der Waals surface area contributed by atoms with E-state index in [4.69, 9.17) is 0 Å². The van der Waals surface area contributed by atoms with Gasteiger partial charge in [0.15, 0.2) is 0 Å². The number of hydrogen-bond donors (Lipinski definition) is 5. The SMILES string of the molecule is CNc1cccc(CNCC(O)c2ccc(O)c3[nH]c(=O)ccc23)c1. The molecule has 2 aromatic carbocycles. The van der Waals surface area contributed by atoms with Gasteiger partial charge in [-0.05, 0) is 35.4 Å². The van der Waals surface area contributed by atoms with E-state index >= 15 is 0 Å². The largest absolute Gasteiger partial charge is 0.506 e. The van der Waals surface area contributed by atoms with Gasteiger partial charge in [0.1, 0.15) is 5.75 Å². The number of aliphatic hydroxyl groups is 1. The Hall–Kier alpha value is -2.83. The summed E-state index contributed by atoms with van der Waals surface area (Å²) in [6, 6.07) is 14.2. The number of phenolic OH excluding ortho intramolecular Hbond substituents is 1. The van der Waals surface area contributed by atoms with Gasteiger partial charge in [0.05, 0.1) is 11.6 Å². The summed E-state index contributed by atoms with van der Waals surface area (Å²) in [5.41, 5.74) is 2.84. The first-order valence-corrected chi connectivity index (χ1v) is 8.09. The number of aromatic hydroxyl groups is 1. The maximum atomic E-state index is 11.5. The van der Waals surface area contributed by atoms with Crippen LogP contribution in [0, 0.1) is 0 Å². The second kappa shape index (κ2) is 7.38. The maximum absolute atomic E-state index is 11.5. The lowest BCUT2D eigenvalue weighted by atomic mass is 10.0. The number of anilines is 1. The fourth-order valence-corrected chi connectivity index (χ4v) is 2.85. The lowest BCUT2D eigenvalue weighted by molar-refractivity contribution is 0.176. The smallest absolute Gasteiger partial charge is 0.248 e. The van der Waals surface area contributed by atoms with Gasteiger partial charge in [-0.1, -0.05) is 18.2 Å². The third-order valence-electron chi connectivity index (χ3n) is 4.15. The van der Waals surface area contributed by atoms with E-state index in [1.807, 2.05) is 31.3 Å². The number of aromatic amines is 1. The van der Waals surface area contributed by atoms with E-state index in [-0.39, 0.29) is 11.3 Å². The first-order chi connectivity index (χ1) is 12.1. The molecule has 0 aliphatic rings. The molecule has 0 amide bonds. The number of aliphatic hydroxyl groups excluding tert-OH is 1. The number of fused-ring (bicyclic) bond motifs is 1. The van der Waals surface area contributed by atoms with Crippen LogP contribution in [0.5, 0.6) is 5.75 Å². The van der Waals surface area contributed by atoms with Crippen LogP contribution >= 0.6 is 0 Å². The van der Waals surface area contributed by atoms with Crippen molar-refractivity contribution in [3.8, 4) is 5.75 Å². The highest BCUT2D eigenvalue weighted by molar-refractivity contribution is 5.87. The minimum atomic E-state index is -0.763. The molecule has 0 radical (unpaired) electrons. The number of H-pyrrole nitrogens is 1. The molecule has 3 rings (SSSR count). The normalized spacial score (nSPS) is 12.2. The molecule has 130 valence electrons. The molecule has 1 aromatic heterocycles. The summed E-state index contributed by atoms with van der Waals surface area (Å²) in [6.45, 7) is 0.974. The molecule has 0 saturated heterocycles. The molecule has 6 heteroatoms.